The minimum absolute atomic E-state index is 0.0700. The molecule has 22 heavy (non-hydrogen) atoms. The highest BCUT2D eigenvalue weighted by Gasteiger charge is 2.08. The van der Waals surface area contributed by atoms with Gasteiger partial charge in [-0.2, -0.15) is 0 Å². The van der Waals surface area contributed by atoms with E-state index in [4.69, 9.17) is 0 Å². The van der Waals surface area contributed by atoms with E-state index in [1.165, 1.54) is 38.2 Å². The first kappa shape index (κ1) is 14.5. The molecule has 0 atom stereocenters. The third-order valence-corrected chi connectivity index (χ3v) is 3.79. The second-order valence-electron chi connectivity index (χ2n) is 5.67. The Hall–Kier alpha value is -2.43. The molecule has 5 nitrogen and oxygen atoms in total. The van der Waals surface area contributed by atoms with E-state index in [1.54, 1.807) is 0 Å². The third kappa shape index (κ3) is 3.61. The summed E-state index contributed by atoms with van der Waals surface area (Å²) in [4.78, 5) is 11.0. The summed E-state index contributed by atoms with van der Waals surface area (Å²) in [6, 6.07) is 7.64. The molecule has 0 fully saturated rings. The van der Waals surface area contributed by atoms with E-state index in [0.717, 1.165) is 23.5 Å². The number of nitrogens with one attached hydrogen (secondary N) is 1. The van der Waals surface area contributed by atoms with Gasteiger partial charge in [-0.3, -0.25) is 4.79 Å². The number of hydrogen-bond acceptors (Lipinski definition) is 3. The minimum Gasteiger partial charge on any atom is -0.326 e. The van der Waals surface area contributed by atoms with Crippen molar-refractivity contribution in [1.82, 2.24) is 15.0 Å². The molecule has 3 rings (SSSR count). The summed E-state index contributed by atoms with van der Waals surface area (Å²) in [5.74, 6) is -0.0700. The number of rotatable bonds is 4. The maximum Gasteiger partial charge on any atom is 0.221 e. The van der Waals surface area contributed by atoms with E-state index in [9.17, 15) is 4.79 Å². The molecule has 1 heterocycles. The van der Waals surface area contributed by atoms with E-state index < -0.39 is 0 Å². The monoisotopic (exact) mass is 296 g/mol. The highest BCUT2D eigenvalue weighted by Crippen LogP contribution is 2.21. The number of hydrogen-bond donors (Lipinski definition) is 1. The Morgan fingerprint density at radius 2 is 2.09 bits per heavy atom. The van der Waals surface area contributed by atoms with Crippen LogP contribution in [0.15, 0.2) is 42.1 Å². The van der Waals surface area contributed by atoms with Crippen molar-refractivity contribution in [3.05, 3.63) is 42.1 Å². The van der Waals surface area contributed by atoms with Gasteiger partial charge < -0.3 is 5.32 Å². The van der Waals surface area contributed by atoms with Crippen molar-refractivity contribution in [3.8, 4) is 11.3 Å². The van der Waals surface area contributed by atoms with Crippen LogP contribution >= 0.6 is 0 Å². The largest absolute Gasteiger partial charge is 0.326 e. The third-order valence-electron chi connectivity index (χ3n) is 3.79. The molecule has 114 valence electrons. The van der Waals surface area contributed by atoms with Crippen molar-refractivity contribution in [1.29, 1.82) is 0 Å². The highest BCUT2D eigenvalue weighted by atomic mass is 16.1. The quantitative estimate of drug-likeness (QED) is 0.880. The van der Waals surface area contributed by atoms with Crippen LogP contribution in [0.5, 0.6) is 0 Å². The van der Waals surface area contributed by atoms with Gasteiger partial charge in [0.05, 0.1) is 12.7 Å². The zero-order valence-electron chi connectivity index (χ0n) is 12.7. The van der Waals surface area contributed by atoms with E-state index in [1.807, 2.05) is 35.1 Å². The summed E-state index contributed by atoms with van der Waals surface area (Å²) in [6.07, 6.45) is 9.22. The summed E-state index contributed by atoms with van der Waals surface area (Å²) in [6.45, 7) is 2.33. The predicted octanol–water partition coefficient (Wildman–Crippen LogP) is 3.40. The zero-order valence-corrected chi connectivity index (χ0v) is 12.7. The van der Waals surface area contributed by atoms with Crippen molar-refractivity contribution in [2.45, 2.75) is 39.2 Å². The lowest BCUT2D eigenvalue weighted by molar-refractivity contribution is -0.114. The van der Waals surface area contributed by atoms with Crippen LogP contribution in [-0.2, 0) is 11.3 Å². The zero-order chi connectivity index (χ0) is 15.4. The molecular weight excluding hydrogens is 276 g/mol. The van der Waals surface area contributed by atoms with E-state index in [-0.39, 0.29) is 5.91 Å². The van der Waals surface area contributed by atoms with Gasteiger partial charge in [0.25, 0.3) is 0 Å². The number of carbonyl (C=O) groups excluding carboxylic acids is 1. The van der Waals surface area contributed by atoms with Crippen molar-refractivity contribution in [2.24, 2.45) is 0 Å². The van der Waals surface area contributed by atoms with Crippen molar-refractivity contribution >= 4 is 11.6 Å². The first-order valence-electron chi connectivity index (χ1n) is 7.67. The molecule has 0 saturated heterocycles. The van der Waals surface area contributed by atoms with Crippen LogP contribution in [-0.4, -0.2) is 20.9 Å². The fourth-order valence-electron chi connectivity index (χ4n) is 2.69. The lowest BCUT2D eigenvalue weighted by atomic mass is 10.00. The van der Waals surface area contributed by atoms with Crippen molar-refractivity contribution < 1.29 is 4.79 Å². The number of nitrogens with zero attached hydrogens (tertiary/aromatic N) is 3. The molecule has 1 aliphatic carbocycles. The van der Waals surface area contributed by atoms with Gasteiger partial charge in [0.15, 0.2) is 0 Å². The number of amides is 1. The van der Waals surface area contributed by atoms with Crippen LogP contribution in [0.25, 0.3) is 11.3 Å². The van der Waals surface area contributed by atoms with Crippen LogP contribution in [0.4, 0.5) is 5.69 Å². The van der Waals surface area contributed by atoms with Crippen molar-refractivity contribution in [3.63, 3.8) is 0 Å². The van der Waals surface area contributed by atoms with Crippen LogP contribution < -0.4 is 5.32 Å². The molecule has 0 aliphatic heterocycles. The molecule has 5 heteroatoms. The maximum absolute atomic E-state index is 11.0. The maximum atomic E-state index is 11.0. The van der Waals surface area contributed by atoms with Crippen LogP contribution in [0, 0.1) is 0 Å². The standard InChI is InChI=1S/C17H20N4O/c1-13(22)18-16-9-7-15(8-10-16)17-12-21(20-19-17)11-14-5-3-2-4-6-14/h5,7-10,12H,2-4,6,11H2,1H3,(H,18,22). The minimum atomic E-state index is -0.0700. The molecule has 1 N–H and O–H groups in total. The van der Waals surface area contributed by atoms with Crippen LogP contribution in [0.1, 0.15) is 32.6 Å². The van der Waals surface area contributed by atoms with Gasteiger partial charge in [-0.25, -0.2) is 4.68 Å². The summed E-state index contributed by atoms with van der Waals surface area (Å²) >= 11 is 0. The molecule has 1 amide bonds. The molecule has 1 aromatic carbocycles. The summed E-state index contributed by atoms with van der Waals surface area (Å²) in [5, 5.41) is 11.2. The summed E-state index contributed by atoms with van der Waals surface area (Å²) in [5.41, 5.74) is 4.09. The number of benzene rings is 1. The van der Waals surface area contributed by atoms with Gasteiger partial charge in [-0.1, -0.05) is 29.0 Å². The number of allylic oxidation sites excluding steroid dienone is 2. The lowest BCUT2D eigenvalue weighted by Gasteiger charge is -2.11. The first-order chi connectivity index (χ1) is 10.7. The average molecular weight is 296 g/mol. The lowest BCUT2D eigenvalue weighted by Crippen LogP contribution is -2.05. The molecular formula is C17H20N4O. The van der Waals surface area contributed by atoms with E-state index in [2.05, 4.69) is 21.7 Å². The molecule has 0 spiro atoms. The van der Waals surface area contributed by atoms with Gasteiger partial charge in [0.2, 0.25) is 5.91 Å². The smallest absolute Gasteiger partial charge is 0.221 e. The first-order valence-corrected chi connectivity index (χ1v) is 7.67. The molecule has 0 unspecified atom stereocenters. The number of anilines is 1. The van der Waals surface area contributed by atoms with E-state index in [0.29, 0.717) is 0 Å². The molecule has 0 radical (unpaired) electrons. The summed E-state index contributed by atoms with van der Waals surface area (Å²) < 4.78 is 1.90. The Balaban J connectivity index is 1.70. The Kier molecular flexibility index (Phi) is 4.32. The highest BCUT2D eigenvalue weighted by molar-refractivity contribution is 5.88. The topological polar surface area (TPSA) is 59.8 Å². The molecule has 1 aromatic heterocycles. The predicted molar refractivity (Wildman–Crippen MR) is 86.3 cm³/mol. The fraction of sp³-hybridized carbons (Fsp3) is 0.353. The van der Waals surface area contributed by atoms with Crippen LogP contribution in [0.3, 0.4) is 0 Å². The van der Waals surface area contributed by atoms with Gasteiger partial charge in [0.1, 0.15) is 5.69 Å². The van der Waals surface area contributed by atoms with Crippen molar-refractivity contribution in [2.75, 3.05) is 5.32 Å². The Morgan fingerprint density at radius 3 is 2.77 bits per heavy atom. The molecule has 0 bridgehead atoms. The number of carbonyl (C=O) groups is 1. The Morgan fingerprint density at radius 1 is 1.27 bits per heavy atom. The normalized spacial score (nSPS) is 14.5. The Labute approximate surface area is 130 Å². The van der Waals surface area contributed by atoms with Gasteiger partial charge >= 0.3 is 0 Å². The summed E-state index contributed by atoms with van der Waals surface area (Å²) in [7, 11) is 0. The van der Waals surface area contributed by atoms with Gasteiger partial charge in [-0.15, -0.1) is 5.10 Å². The van der Waals surface area contributed by atoms with Gasteiger partial charge in [0, 0.05) is 18.2 Å². The SMILES string of the molecule is CC(=O)Nc1ccc(-c2cn(CC3=CCCCC3)nn2)cc1. The fourth-order valence-corrected chi connectivity index (χ4v) is 2.69. The Bertz CT molecular complexity index is 685. The second kappa shape index (κ2) is 6.56. The molecule has 1 aliphatic rings. The van der Waals surface area contributed by atoms with Gasteiger partial charge in [-0.05, 0) is 37.8 Å². The van der Waals surface area contributed by atoms with E-state index >= 15 is 0 Å². The second-order valence-corrected chi connectivity index (χ2v) is 5.67. The number of aromatic nitrogens is 3. The molecule has 0 saturated carbocycles. The molecule has 2 aromatic rings. The average Bonchev–Trinajstić information content (AvgIpc) is 2.97. The van der Waals surface area contributed by atoms with Crippen LogP contribution in [0.2, 0.25) is 0 Å².